The number of carbonyl (C=O) groups is 2. The Labute approximate surface area is 90.4 Å². The molecule has 1 aliphatic rings. The molecule has 0 aromatic rings. The lowest BCUT2D eigenvalue weighted by Gasteiger charge is -2.20. The van der Waals surface area contributed by atoms with E-state index in [0.29, 0.717) is 6.04 Å². The molecule has 86 valence electrons. The van der Waals surface area contributed by atoms with E-state index >= 15 is 0 Å². The quantitative estimate of drug-likeness (QED) is 0.673. The fraction of sp³-hybridized carbons (Fsp3) is 0.800. The first-order chi connectivity index (χ1) is 7.04. The average molecular weight is 213 g/mol. The molecule has 0 aliphatic carbocycles. The summed E-state index contributed by atoms with van der Waals surface area (Å²) in [4.78, 5) is 25.9. The molecule has 1 N–H and O–H groups in total. The Kier molecular flexibility index (Phi) is 4.08. The zero-order valence-electron chi connectivity index (χ0n) is 9.62. The van der Waals surface area contributed by atoms with Gasteiger partial charge in [-0.2, -0.15) is 0 Å². The molecular weight excluding hydrogens is 194 g/mol. The van der Waals surface area contributed by atoms with E-state index in [1.165, 1.54) is 11.8 Å². The number of amides is 2. The van der Waals surface area contributed by atoms with Gasteiger partial charge in [-0.1, -0.05) is 0 Å². The topological polar surface area (TPSA) is 52.7 Å². The van der Waals surface area contributed by atoms with Crippen LogP contribution in [0.15, 0.2) is 0 Å². The molecule has 1 atom stereocenters. The smallest absolute Gasteiger partial charge is 0.242 e. The number of nitrogens with zero attached hydrogens (tertiary/aromatic N) is 2. The standard InChI is InChI=1S/C10H19N3O2/c1-8(14)12(3)7-10(15)13-5-4-9(6-13)11-2/h9,11H,4-7H2,1-3H3. The van der Waals surface area contributed by atoms with E-state index in [1.807, 2.05) is 7.05 Å². The van der Waals surface area contributed by atoms with Crippen molar-refractivity contribution in [2.24, 2.45) is 0 Å². The molecule has 1 fully saturated rings. The predicted octanol–water partition coefficient (Wildman–Crippen LogP) is -0.715. The van der Waals surface area contributed by atoms with Crippen LogP contribution in [0.3, 0.4) is 0 Å². The predicted molar refractivity (Wildman–Crippen MR) is 57.4 cm³/mol. The van der Waals surface area contributed by atoms with Crippen molar-refractivity contribution < 1.29 is 9.59 Å². The average Bonchev–Trinajstić information content (AvgIpc) is 2.65. The lowest BCUT2D eigenvalue weighted by atomic mass is 10.3. The van der Waals surface area contributed by atoms with Gasteiger partial charge in [0, 0.05) is 33.1 Å². The molecular formula is C10H19N3O2. The van der Waals surface area contributed by atoms with Gasteiger partial charge in [0.15, 0.2) is 0 Å². The molecule has 1 unspecified atom stereocenters. The number of likely N-dealkylation sites (tertiary alicyclic amines) is 1. The van der Waals surface area contributed by atoms with Crippen molar-refractivity contribution >= 4 is 11.8 Å². The van der Waals surface area contributed by atoms with Crippen molar-refractivity contribution in [1.82, 2.24) is 15.1 Å². The summed E-state index contributed by atoms with van der Waals surface area (Å²) in [5, 5.41) is 3.15. The van der Waals surface area contributed by atoms with E-state index < -0.39 is 0 Å². The maximum Gasteiger partial charge on any atom is 0.242 e. The van der Waals surface area contributed by atoms with Gasteiger partial charge in [-0.15, -0.1) is 0 Å². The van der Waals surface area contributed by atoms with Crippen LogP contribution in [-0.4, -0.2) is 61.4 Å². The van der Waals surface area contributed by atoms with Crippen LogP contribution in [0.5, 0.6) is 0 Å². The summed E-state index contributed by atoms with van der Waals surface area (Å²) < 4.78 is 0. The van der Waals surface area contributed by atoms with Crippen molar-refractivity contribution in [3.63, 3.8) is 0 Å². The maximum absolute atomic E-state index is 11.7. The molecule has 0 saturated carbocycles. The van der Waals surface area contributed by atoms with E-state index in [2.05, 4.69) is 5.32 Å². The second kappa shape index (κ2) is 5.11. The van der Waals surface area contributed by atoms with E-state index in [4.69, 9.17) is 0 Å². The Balaban J connectivity index is 2.38. The highest BCUT2D eigenvalue weighted by Crippen LogP contribution is 2.08. The Bertz CT molecular complexity index is 255. The fourth-order valence-electron chi connectivity index (χ4n) is 1.64. The minimum atomic E-state index is -0.0762. The van der Waals surface area contributed by atoms with Gasteiger partial charge in [-0.25, -0.2) is 0 Å². The minimum Gasteiger partial charge on any atom is -0.340 e. The number of likely N-dealkylation sites (N-methyl/N-ethyl adjacent to an activating group) is 2. The summed E-state index contributed by atoms with van der Waals surface area (Å²) in [6, 6.07) is 0.400. The SMILES string of the molecule is CNC1CCN(C(=O)CN(C)C(C)=O)C1. The Morgan fingerprint density at radius 2 is 2.20 bits per heavy atom. The number of hydrogen-bond donors (Lipinski definition) is 1. The monoisotopic (exact) mass is 213 g/mol. The lowest BCUT2D eigenvalue weighted by molar-refractivity contribution is -0.137. The summed E-state index contributed by atoms with van der Waals surface area (Å²) in [6.07, 6.45) is 0.992. The zero-order chi connectivity index (χ0) is 11.4. The molecule has 1 rings (SSSR count). The van der Waals surface area contributed by atoms with E-state index in [1.54, 1.807) is 11.9 Å². The Hall–Kier alpha value is -1.10. The van der Waals surface area contributed by atoms with Crippen LogP contribution in [-0.2, 0) is 9.59 Å². The second-order valence-electron chi connectivity index (χ2n) is 3.99. The minimum absolute atomic E-state index is 0.0328. The molecule has 1 aliphatic heterocycles. The Morgan fingerprint density at radius 3 is 2.67 bits per heavy atom. The molecule has 0 aromatic heterocycles. The van der Waals surface area contributed by atoms with Gasteiger partial charge < -0.3 is 15.1 Å². The second-order valence-corrected chi connectivity index (χ2v) is 3.99. The summed E-state index contributed by atoms with van der Waals surface area (Å²) in [6.45, 7) is 3.19. The van der Waals surface area contributed by atoms with Crippen LogP contribution in [0.25, 0.3) is 0 Å². The maximum atomic E-state index is 11.7. The van der Waals surface area contributed by atoms with Gasteiger partial charge >= 0.3 is 0 Å². The van der Waals surface area contributed by atoms with Crippen LogP contribution < -0.4 is 5.32 Å². The largest absolute Gasteiger partial charge is 0.340 e. The van der Waals surface area contributed by atoms with Crippen LogP contribution >= 0.6 is 0 Å². The number of carbonyl (C=O) groups excluding carboxylic acids is 2. The van der Waals surface area contributed by atoms with Crippen LogP contribution in [0.1, 0.15) is 13.3 Å². The van der Waals surface area contributed by atoms with Crippen molar-refractivity contribution in [1.29, 1.82) is 0 Å². The highest BCUT2D eigenvalue weighted by Gasteiger charge is 2.25. The fourth-order valence-corrected chi connectivity index (χ4v) is 1.64. The Morgan fingerprint density at radius 1 is 1.53 bits per heavy atom. The molecule has 5 nitrogen and oxygen atoms in total. The van der Waals surface area contributed by atoms with Crippen molar-refractivity contribution in [3.05, 3.63) is 0 Å². The molecule has 0 aromatic carbocycles. The molecule has 0 radical (unpaired) electrons. The molecule has 15 heavy (non-hydrogen) atoms. The molecule has 2 amide bonds. The van der Waals surface area contributed by atoms with E-state index in [-0.39, 0.29) is 18.4 Å². The summed E-state index contributed by atoms with van der Waals surface area (Å²) in [5.41, 5.74) is 0. The zero-order valence-corrected chi connectivity index (χ0v) is 9.62. The molecule has 0 spiro atoms. The van der Waals surface area contributed by atoms with Crippen molar-refractivity contribution in [2.75, 3.05) is 33.7 Å². The number of rotatable bonds is 3. The van der Waals surface area contributed by atoms with Crippen LogP contribution in [0, 0.1) is 0 Å². The van der Waals surface area contributed by atoms with Crippen molar-refractivity contribution in [2.45, 2.75) is 19.4 Å². The highest BCUT2D eigenvalue weighted by atomic mass is 16.2. The van der Waals surface area contributed by atoms with Gasteiger partial charge in [-0.05, 0) is 13.5 Å². The number of hydrogen-bond acceptors (Lipinski definition) is 3. The van der Waals surface area contributed by atoms with Gasteiger partial charge in [0.1, 0.15) is 0 Å². The molecule has 1 heterocycles. The molecule has 1 saturated heterocycles. The summed E-state index contributed by atoms with van der Waals surface area (Å²) in [5.74, 6) is -0.0434. The normalized spacial score (nSPS) is 20.5. The van der Waals surface area contributed by atoms with Crippen molar-refractivity contribution in [3.8, 4) is 0 Å². The third-order valence-corrected chi connectivity index (χ3v) is 2.86. The van der Waals surface area contributed by atoms with E-state index in [9.17, 15) is 9.59 Å². The summed E-state index contributed by atoms with van der Waals surface area (Å²) >= 11 is 0. The molecule has 0 bridgehead atoms. The first-order valence-corrected chi connectivity index (χ1v) is 5.21. The van der Waals surface area contributed by atoms with Gasteiger partial charge in [0.25, 0.3) is 0 Å². The first kappa shape index (κ1) is 12.0. The first-order valence-electron chi connectivity index (χ1n) is 5.21. The van der Waals surface area contributed by atoms with Gasteiger partial charge in [-0.3, -0.25) is 9.59 Å². The third kappa shape index (κ3) is 3.20. The highest BCUT2D eigenvalue weighted by molar-refractivity contribution is 5.83. The third-order valence-electron chi connectivity index (χ3n) is 2.86. The van der Waals surface area contributed by atoms with E-state index in [0.717, 1.165) is 19.5 Å². The van der Waals surface area contributed by atoms with Gasteiger partial charge in [0.2, 0.25) is 11.8 Å². The molecule has 5 heteroatoms. The van der Waals surface area contributed by atoms with Gasteiger partial charge in [0.05, 0.1) is 6.54 Å². The lowest BCUT2D eigenvalue weighted by Crippen LogP contribution is -2.40. The van der Waals surface area contributed by atoms with Crippen LogP contribution in [0.4, 0.5) is 0 Å². The van der Waals surface area contributed by atoms with Crippen LogP contribution in [0.2, 0.25) is 0 Å². The number of nitrogens with one attached hydrogen (secondary N) is 1. The summed E-state index contributed by atoms with van der Waals surface area (Å²) in [7, 11) is 3.55.